The Morgan fingerprint density at radius 1 is 1.37 bits per heavy atom. The molecule has 0 aromatic rings. The maximum atomic E-state index is 12.2. The van der Waals surface area contributed by atoms with Crippen molar-refractivity contribution in [1.82, 2.24) is 10.2 Å². The average Bonchev–Trinajstić information content (AvgIpc) is 2.98. The molecular weight excluding hydrogens is 248 g/mol. The van der Waals surface area contributed by atoms with Crippen molar-refractivity contribution in [2.45, 2.75) is 56.7 Å². The predicted molar refractivity (Wildman–Crippen MR) is 68.9 cm³/mol. The van der Waals surface area contributed by atoms with Crippen LogP contribution >= 0.6 is 0 Å². The van der Waals surface area contributed by atoms with E-state index in [1.165, 1.54) is 0 Å². The van der Waals surface area contributed by atoms with Crippen LogP contribution in [-0.4, -0.2) is 53.3 Å². The van der Waals surface area contributed by atoms with E-state index in [0.717, 1.165) is 19.3 Å². The maximum Gasteiger partial charge on any atom is 0.329 e. The topological polar surface area (TPSA) is 78.9 Å². The van der Waals surface area contributed by atoms with E-state index in [1.807, 2.05) is 6.92 Å². The number of hydrogen-bond donors (Lipinski definition) is 2. The summed E-state index contributed by atoms with van der Waals surface area (Å²) in [6.45, 7) is 2.58. The van der Waals surface area contributed by atoms with E-state index in [0.29, 0.717) is 19.4 Å². The Kier molecular flexibility index (Phi) is 3.99. The van der Waals surface area contributed by atoms with Crippen molar-refractivity contribution in [3.05, 3.63) is 0 Å². The van der Waals surface area contributed by atoms with Gasteiger partial charge in [-0.25, -0.2) is 9.59 Å². The Hall–Kier alpha value is -1.30. The number of ether oxygens (including phenoxy) is 1. The number of nitrogens with one attached hydrogen (secondary N) is 1. The molecule has 2 fully saturated rings. The summed E-state index contributed by atoms with van der Waals surface area (Å²) >= 11 is 0. The van der Waals surface area contributed by atoms with Gasteiger partial charge in [-0.05, 0) is 26.2 Å². The third kappa shape index (κ3) is 2.68. The zero-order valence-corrected chi connectivity index (χ0v) is 11.5. The van der Waals surface area contributed by atoms with Crippen molar-refractivity contribution < 1.29 is 19.4 Å². The molecule has 1 saturated carbocycles. The second-order valence-electron chi connectivity index (χ2n) is 5.57. The molecule has 2 N–H and O–H groups in total. The molecule has 1 aliphatic heterocycles. The van der Waals surface area contributed by atoms with Gasteiger partial charge in [-0.1, -0.05) is 12.8 Å². The molecule has 1 saturated heterocycles. The smallest absolute Gasteiger partial charge is 0.329 e. The zero-order chi connectivity index (χ0) is 14.0. The number of likely N-dealkylation sites (N-methyl/N-ethyl adjacent to an activating group) is 1. The van der Waals surface area contributed by atoms with Gasteiger partial charge in [-0.15, -0.1) is 0 Å². The lowest BCUT2D eigenvalue weighted by molar-refractivity contribution is -0.144. The lowest BCUT2D eigenvalue weighted by Crippen LogP contribution is -2.57. The predicted octanol–water partition coefficient (Wildman–Crippen LogP) is 1.20. The SMILES string of the molecule is CC1OCCC1N(C)C(=O)NC1(C(=O)O)CCCC1. The normalized spacial score (nSPS) is 29.2. The number of carboxylic acid groups (broad SMARTS) is 1. The van der Waals surface area contributed by atoms with E-state index in [4.69, 9.17) is 4.74 Å². The lowest BCUT2D eigenvalue weighted by Gasteiger charge is -2.32. The van der Waals surface area contributed by atoms with Crippen LogP contribution in [0.5, 0.6) is 0 Å². The Morgan fingerprint density at radius 2 is 2.00 bits per heavy atom. The van der Waals surface area contributed by atoms with Crippen molar-refractivity contribution in [2.24, 2.45) is 0 Å². The highest BCUT2D eigenvalue weighted by Gasteiger charge is 2.44. The molecule has 0 radical (unpaired) electrons. The van der Waals surface area contributed by atoms with Crippen molar-refractivity contribution in [3.63, 3.8) is 0 Å². The minimum atomic E-state index is -1.08. The van der Waals surface area contributed by atoms with E-state index in [1.54, 1.807) is 11.9 Å². The molecule has 6 nitrogen and oxygen atoms in total. The minimum Gasteiger partial charge on any atom is -0.480 e. The van der Waals surface area contributed by atoms with Crippen LogP contribution in [0.25, 0.3) is 0 Å². The van der Waals surface area contributed by atoms with Crippen LogP contribution in [0.2, 0.25) is 0 Å². The van der Waals surface area contributed by atoms with Gasteiger partial charge in [-0.3, -0.25) is 0 Å². The summed E-state index contributed by atoms with van der Waals surface area (Å²) in [6, 6.07) is -0.293. The molecule has 2 atom stereocenters. The van der Waals surface area contributed by atoms with E-state index >= 15 is 0 Å². The highest BCUT2D eigenvalue weighted by molar-refractivity contribution is 5.86. The fraction of sp³-hybridized carbons (Fsp3) is 0.846. The molecule has 2 unspecified atom stereocenters. The summed E-state index contributed by atoms with van der Waals surface area (Å²) in [5.41, 5.74) is -1.08. The zero-order valence-electron chi connectivity index (χ0n) is 11.5. The first-order valence-electron chi connectivity index (χ1n) is 6.86. The Bertz CT molecular complexity index is 366. The van der Waals surface area contributed by atoms with Gasteiger partial charge < -0.3 is 20.1 Å². The third-order valence-corrected chi connectivity index (χ3v) is 4.37. The van der Waals surface area contributed by atoms with Crippen molar-refractivity contribution in [2.75, 3.05) is 13.7 Å². The Morgan fingerprint density at radius 3 is 2.47 bits per heavy atom. The van der Waals surface area contributed by atoms with Crippen LogP contribution in [0.15, 0.2) is 0 Å². The first-order valence-corrected chi connectivity index (χ1v) is 6.86. The minimum absolute atomic E-state index is 0.0000983. The summed E-state index contributed by atoms with van der Waals surface area (Å²) in [6.07, 6.45) is 3.51. The Balaban J connectivity index is 2.01. The van der Waals surface area contributed by atoms with Gasteiger partial charge in [-0.2, -0.15) is 0 Å². The molecule has 1 heterocycles. The van der Waals surface area contributed by atoms with Gasteiger partial charge >= 0.3 is 12.0 Å². The Labute approximate surface area is 113 Å². The largest absolute Gasteiger partial charge is 0.480 e. The number of urea groups is 1. The number of carboxylic acids is 1. The molecule has 19 heavy (non-hydrogen) atoms. The maximum absolute atomic E-state index is 12.2. The summed E-state index contributed by atoms with van der Waals surface area (Å²) in [7, 11) is 1.70. The molecule has 108 valence electrons. The standard InChI is InChI=1S/C13H22N2O4/c1-9-10(5-8-19-9)15(2)12(18)14-13(11(16)17)6-3-4-7-13/h9-10H,3-8H2,1-2H3,(H,14,18)(H,16,17). The number of aliphatic carboxylic acids is 1. The van der Waals surface area contributed by atoms with E-state index in [9.17, 15) is 14.7 Å². The fourth-order valence-corrected chi connectivity index (χ4v) is 3.04. The van der Waals surface area contributed by atoms with Gasteiger partial charge in [0.1, 0.15) is 5.54 Å². The van der Waals surface area contributed by atoms with Crippen LogP contribution in [-0.2, 0) is 9.53 Å². The lowest BCUT2D eigenvalue weighted by atomic mass is 9.98. The second-order valence-corrected chi connectivity index (χ2v) is 5.57. The first-order chi connectivity index (χ1) is 8.96. The number of nitrogens with zero attached hydrogens (tertiary/aromatic N) is 1. The molecule has 2 rings (SSSR count). The van der Waals surface area contributed by atoms with Crippen LogP contribution in [0, 0.1) is 0 Å². The van der Waals surface area contributed by atoms with E-state index in [-0.39, 0.29) is 18.2 Å². The summed E-state index contributed by atoms with van der Waals surface area (Å²) < 4.78 is 5.44. The van der Waals surface area contributed by atoms with Crippen molar-refractivity contribution in [1.29, 1.82) is 0 Å². The van der Waals surface area contributed by atoms with Crippen LogP contribution in [0.1, 0.15) is 39.0 Å². The second kappa shape index (κ2) is 5.36. The molecule has 0 aromatic heterocycles. The molecule has 0 bridgehead atoms. The van der Waals surface area contributed by atoms with Gasteiger partial charge in [0.2, 0.25) is 0 Å². The number of carbonyl (C=O) groups is 2. The highest BCUT2D eigenvalue weighted by Crippen LogP contribution is 2.30. The summed E-state index contributed by atoms with van der Waals surface area (Å²) in [5.74, 6) is -0.928. The molecule has 0 aromatic carbocycles. The van der Waals surface area contributed by atoms with Crippen LogP contribution < -0.4 is 5.32 Å². The van der Waals surface area contributed by atoms with Crippen molar-refractivity contribution >= 4 is 12.0 Å². The van der Waals surface area contributed by atoms with Crippen molar-refractivity contribution in [3.8, 4) is 0 Å². The molecule has 0 spiro atoms. The van der Waals surface area contributed by atoms with Crippen LogP contribution in [0.3, 0.4) is 0 Å². The van der Waals surface area contributed by atoms with Gasteiger partial charge in [0, 0.05) is 13.7 Å². The average molecular weight is 270 g/mol. The third-order valence-electron chi connectivity index (χ3n) is 4.37. The molecule has 2 amide bonds. The monoisotopic (exact) mass is 270 g/mol. The molecule has 2 aliphatic rings. The first kappa shape index (κ1) is 14.1. The molecule has 6 heteroatoms. The number of hydrogen-bond acceptors (Lipinski definition) is 3. The van der Waals surface area contributed by atoms with E-state index < -0.39 is 11.5 Å². The van der Waals surface area contributed by atoms with E-state index in [2.05, 4.69) is 5.32 Å². The number of rotatable bonds is 3. The highest BCUT2D eigenvalue weighted by atomic mass is 16.5. The fourth-order valence-electron chi connectivity index (χ4n) is 3.04. The number of amides is 2. The quantitative estimate of drug-likeness (QED) is 0.807. The molecule has 1 aliphatic carbocycles. The number of carbonyl (C=O) groups excluding carboxylic acids is 1. The molecular formula is C13H22N2O4. The van der Waals surface area contributed by atoms with Gasteiger partial charge in [0.15, 0.2) is 0 Å². The van der Waals surface area contributed by atoms with Gasteiger partial charge in [0.05, 0.1) is 12.1 Å². The summed E-state index contributed by atoms with van der Waals surface area (Å²) in [4.78, 5) is 25.2. The summed E-state index contributed by atoms with van der Waals surface area (Å²) in [5, 5.41) is 12.1. The van der Waals surface area contributed by atoms with Gasteiger partial charge in [0.25, 0.3) is 0 Å². The van der Waals surface area contributed by atoms with Crippen LogP contribution in [0.4, 0.5) is 4.79 Å².